The van der Waals surface area contributed by atoms with Crippen LogP contribution in [-0.2, 0) is 6.54 Å². The molecule has 0 saturated carbocycles. The predicted molar refractivity (Wildman–Crippen MR) is 52.1 cm³/mol. The molecule has 0 fully saturated rings. The summed E-state index contributed by atoms with van der Waals surface area (Å²) in [4.78, 5) is 0. The topological polar surface area (TPSA) is 12.0 Å². The largest absolute Gasteiger partial charge is 0.304 e. The molecular formula is C8H9ClFNS. The Morgan fingerprint density at radius 3 is 2.92 bits per heavy atom. The summed E-state index contributed by atoms with van der Waals surface area (Å²) in [6.07, 6.45) is 0. The van der Waals surface area contributed by atoms with E-state index in [0.717, 1.165) is 0 Å². The molecule has 0 spiro atoms. The zero-order chi connectivity index (χ0) is 8.97. The van der Waals surface area contributed by atoms with Gasteiger partial charge in [0, 0.05) is 23.0 Å². The van der Waals surface area contributed by atoms with Crippen LogP contribution in [0.2, 0.25) is 5.02 Å². The molecule has 0 aliphatic rings. The Kier molecular flexibility index (Phi) is 3.85. The normalized spacial score (nSPS) is 10.2. The predicted octanol–water partition coefficient (Wildman–Crippen LogP) is 2.46. The average molecular weight is 206 g/mol. The van der Waals surface area contributed by atoms with Crippen LogP contribution in [0.25, 0.3) is 0 Å². The Morgan fingerprint density at radius 1 is 1.50 bits per heavy atom. The Balaban J connectivity index is 2.75. The lowest BCUT2D eigenvalue weighted by atomic mass is 10.2. The van der Waals surface area contributed by atoms with Crippen molar-refractivity contribution in [3.8, 4) is 0 Å². The number of hydrogen-bond acceptors (Lipinski definition) is 2. The van der Waals surface area contributed by atoms with Gasteiger partial charge in [0.2, 0.25) is 0 Å². The molecule has 66 valence electrons. The molecular weight excluding hydrogens is 197 g/mol. The van der Waals surface area contributed by atoms with Gasteiger partial charge in [-0.1, -0.05) is 11.6 Å². The van der Waals surface area contributed by atoms with Gasteiger partial charge < -0.3 is 5.32 Å². The zero-order valence-electron chi connectivity index (χ0n) is 6.35. The standard InChI is InChI=1S/C8H9ClFNS/c9-7-1-2-8(10)6(3-7)4-11-5-12/h1-3,11-12H,4-5H2. The summed E-state index contributed by atoms with van der Waals surface area (Å²) >= 11 is 9.63. The third kappa shape index (κ3) is 2.66. The molecule has 0 heterocycles. The SMILES string of the molecule is Fc1ccc(Cl)cc1CNCS. The molecule has 0 aliphatic heterocycles. The highest BCUT2D eigenvalue weighted by atomic mass is 35.5. The van der Waals surface area contributed by atoms with E-state index < -0.39 is 0 Å². The maximum Gasteiger partial charge on any atom is 0.127 e. The van der Waals surface area contributed by atoms with Crippen molar-refractivity contribution in [1.82, 2.24) is 5.32 Å². The second-order valence-corrected chi connectivity index (χ2v) is 3.07. The van der Waals surface area contributed by atoms with Gasteiger partial charge in [-0.25, -0.2) is 4.39 Å². The van der Waals surface area contributed by atoms with Crippen molar-refractivity contribution in [2.24, 2.45) is 0 Å². The Hall–Kier alpha value is -0.250. The molecule has 0 radical (unpaired) electrons. The quantitative estimate of drug-likeness (QED) is 0.571. The fraction of sp³-hybridized carbons (Fsp3) is 0.250. The second-order valence-electron chi connectivity index (χ2n) is 2.32. The van der Waals surface area contributed by atoms with Crippen LogP contribution in [0.3, 0.4) is 0 Å². The van der Waals surface area contributed by atoms with Crippen molar-refractivity contribution >= 4 is 24.2 Å². The minimum atomic E-state index is -0.242. The third-order valence-corrected chi connectivity index (χ3v) is 1.89. The molecule has 0 atom stereocenters. The van der Waals surface area contributed by atoms with Crippen LogP contribution in [0.4, 0.5) is 4.39 Å². The van der Waals surface area contributed by atoms with E-state index in [9.17, 15) is 4.39 Å². The molecule has 0 unspecified atom stereocenters. The highest BCUT2D eigenvalue weighted by Crippen LogP contribution is 2.14. The lowest BCUT2D eigenvalue weighted by Gasteiger charge is -2.03. The lowest BCUT2D eigenvalue weighted by Crippen LogP contribution is -2.11. The van der Waals surface area contributed by atoms with Gasteiger partial charge in [-0.15, -0.1) is 0 Å². The molecule has 0 aromatic heterocycles. The summed E-state index contributed by atoms with van der Waals surface area (Å²) < 4.78 is 13.0. The summed E-state index contributed by atoms with van der Waals surface area (Å²) in [5.74, 6) is 0.278. The molecule has 0 amide bonds. The number of thiol groups is 1. The zero-order valence-corrected chi connectivity index (χ0v) is 8.00. The fourth-order valence-electron chi connectivity index (χ4n) is 0.869. The van der Waals surface area contributed by atoms with Crippen LogP contribution in [0, 0.1) is 5.82 Å². The Labute approximate surface area is 81.3 Å². The van der Waals surface area contributed by atoms with Gasteiger partial charge in [0.15, 0.2) is 0 Å². The number of nitrogens with one attached hydrogen (secondary N) is 1. The number of rotatable bonds is 3. The van der Waals surface area contributed by atoms with Gasteiger partial charge >= 0.3 is 0 Å². The maximum atomic E-state index is 13.0. The van der Waals surface area contributed by atoms with Crippen molar-refractivity contribution in [2.45, 2.75) is 6.54 Å². The van der Waals surface area contributed by atoms with E-state index in [4.69, 9.17) is 11.6 Å². The minimum Gasteiger partial charge on any atom is -0.304 e. The molecule has 0 saturated heterocycles. The van der Waals surface area contributed by atoms with Gasteiger partial charge in [0.1, 0.15) is 5.82 Å². The van der Waals surface area contributed by atoms with Crippen molar-refractivity contribution in [3.63, 3.8) is 0 Å². The molecule has 1 N–H and O–H groups in total. The average Bonchev–Trinajstić information content (AvgIpc) is 2.07. The first-order valence-corrected chi connectivity index (χ1v) is 4.50. The second kappa shape index (κ2) is 4.70. The van der Waals surface area contributed by atoms with Crippen molar-refractivity contribution < 1.29 is 4.39 Å². The number of benzene rings is 1. The van der Waals surface area contributed by atoms with E-state index in [-0.39, 0.29) is 5.82 Å². The summed E-state index contributed by atoms with van der Waals surface area (Å²) in [6.45, 7) is 0.454. The van der Waals surface area contributed by atoms with E-state index in [1.54, 1.807) is 6.07 Å². The Morgan fingerprint density at radius 2 is 2.25 bits per heavy atom. The molecule has 1 nitrogen and oxygen atoms in total. The molecule has 0 aliphatic carbocycles. The smallest absolute Gasteiger partial charge is 0.127 e. The molecule has 0 bridgehead atoms. The summed E-state index contributed by atoms with van der Waals surface area (Å²) in [5, 5.41) is 3.45. The van der Waals surface area contributed by atoms with Gasteiger partial charge in [-0.2, -0.15) is 12.6 Å². The minimum absolute atomic E-state index is 0.242. The van der Waals surface area contributed by atoms with Gasteiger partial charge in [-0.3, -0.25) is 0 Å². The Bertz CT molecular complexity index is 267. The van der Waals surface area contributed by atoms with Gasteiger partial charge in [-0.05, 0) is 18.2 Å². The lowest BCUT2D eigenvalue weighted by molar-refractivity contribution is 0.599. The monoisotopic (exact) mass is 205 g/mol. The van der Waals surface area contributed by atoms with Crippen molar-refractivity contribution in [1.29, 1.82) is 0 Å². The first-order chi connectivity index (χ1) is 5.74. The van der Waals surface area contributed by atoms with Crippen LogP contribution < -0.4 is 5.32 Å². The molecule has 1 aromatic carbocycles. The van der Waals surface area contributed by atoms with Gasteiger partial charge in [0.25, 0.3) is 0 Å². The fourth-order valence-corrected chi connectivity index (χ4v) is 1.18. The van der Waals surface area contributed by atoms with Crippen LogP contribution in [0.15, 0.2) is 18.2 Å². The van der Waals surface area contributed by atoms with Crippen molar-refractivity contribution in [2.75, 3.05) is 5.88 Å². The number of halogens is 2. The molecule has 1 aromatic rings. The van der Waals surface area contributed by atoms with E-state index in [2.05, 4.69) is 17.9 Å². The van der Waals surface area contributed by atoms with Gasteiger partial charge in [0.05, 0.1) is 0 Å². The first kappa shape index (κ1) is 9.84. The summed E-state index contributed by atoms with van der Waals surface area (Å²) in [5.41, 5.74) is 0.566. The summed E-state index contributed by atoms with van der Waals surface area (Å²) in [7, 11) is 0. The molecule has 1 rings (SSSR count). The van der Waals surface area contributed by atoms with Crippen molar-refractivity contribution in [3.05, 3.63) is 34.6 Å². The van der Waals surface area contributed by atoms with Crippen LogP contribution in [0.1, 0.15) is 5.56 Å². The van der Waals surface area contributed by atoms with E-state index >= 15 is 0 Å². The van der Waals surface area contributed by atoms with E-state index in [1.807, 2.05) is 0 Å². The number of hydrogen-bond donors (Lipinski definition) is 2. The molecule has 12 heavy (non-hydrogen) atoms. The summed E-state index contributed by atoms with van der Waals surface area (Å²) in [6, 6.07) is 4.49. The van der Waals surface area contributed by atoms with Crippen LogP contribution in [0.5, 0.6) is 0 Å². The van der Waals surface area contributed by atoms with Crippen LogP contribution >= 0.6 is 24.2 Å². The highest BCUT2D eigenvalue weighted by molar-refractivity contribution is 7.80. The maximum absolute atomic E-state index is 13.0. The van der Waals surface area contributed by atoms with E-state index in [1.165, 1.54) is 12.1 Å². The van der Waals surface area contributed by atoms with Crippen LogP contribution in [-0.4, -0.2) is 5.88 Å². The first-order valence-electron chi connectivity index (χ1n) is 3.49. The van der Waals surface area contributed by atoms with E-state index in [0.29, 0.717) is 23.0 Å². The molecule has 4 heteroatoms. The highest BCUT2D eigenvalue weighted by Gasteiger charge is 2.00. The third-order valence-electron chi connectivity index (χ3n) is 1.44.